The van der Waals surface area contributed by atoms with Crippen molar-refractivity contribution in [3.05, 3.63) is 54.1 Å². The lowest BCUT2D eigenvalue weighted by molar-refractivity contribution is -0.123. The van der Waals surface area contributed by atoms with E-state index in [2.05, 4.69) is 27.6 Å². The van der Waals surface area contributed by atoms with Gasteiger partial charge in [0.15, 0.2) is 0 Å². The monoisotopic (exact) mass is 502 g/mol. The average molecular weight is 503 g/mol. The van der Waals surface area contributed by atoms with Gasteiger partial charge in [0, 0.05) is 17.9 Å². The molecule has 0 radical (unpaired) electrons. The van der Waals surface area contributed by atoms with Crippen LogP contribution in [0.2, 0.25) is 0 Å². The largest absolute Gasteiger partial charge is 0.354 e. The molecule has 0 aliphatic rings. The Morgan fingerprint density at radius 2 is 1.51 bits per heavy atom. The van der Waals surface area contributed by atoms with Crippen LogP contribution in [0, 0.1) is 12.8 Å². The molecule has 0 bridgehead atoms. The Bertz CT molecular complexity index is 1050. The maximum Gasteiger partial charge on any atom is 0.319 e. The third-order valence-corrected chi connectivity index (χ3v) is 6.78. The second kappa shape index (κ2) is 13.7. The Balaban J connectivity index is 1.93. The van der Waals surface area contributed by atoms with E-state index < -0.39 is 22.1 Å². The van der Waals surface area contributed by atoms with Gasteiger partial charge in [-0.1, -0.05) is 57.7 Å². The summed E-state index contributed by atoms with van der Waals surface area (Å²) in [7, 11) is -3.71. The van der Waals surface area contributed by atoms with Crippen molar-refractivity contribution in [2.45, 2.75) is 70.7 Å². The number of sulfonamides is 1. The molecule has 2 rings (SSSR count). The molecule has 4 N–H and O–H groups in total. The standard InChI is InChI=1S/C26H38N4O4S/c1-5-6-7-8-17-27-25(31)24(18-19(2)3)29-26(32)28-21-11-13-22(14-12-21)30-35(33,34)23-15-9-20(4)10-16-23/h9-16,19,24,30H,5-8,17-18H2,1-4H3,(H,27,31)(H2,28,29,32)/t24-/m1/s1. The van der Waals surface area contributed by atoms with Gasteiger partial charge in [-0.25, -0.2) is 13.2 Å². The second-order valence-electron chi connectivity index (χ2n) is 9.13. The van der Waals surface area contributed by atoms with E-state index in [9.17, 15) is 18.0 Å². The van der Waals surface area contributed by atoms with E-state index in [4.69, 9.17) is 0 Å². The van der Waals surface area contributed by atoms with Crippen LogP contribution in [-0.4, -0.2) is 32.9 Å². The van der Waals surface area contributed by atoms with Crippen LogP contribution < -0.4 is 20.7 Å². The summed E-state index contributed by atoms with van der Waals surface area (Å²) in [5.41, 5.74) is 1.82. The summed E-state index contributed by atoms with van der Waals surface area (Å²) in [5.74, 6) is 0.0400. The van der Waals surface area contributed by atoms with Crippen LogP contribution in [0.3, 0.4) is 0 Å². The molecule has 2 aromatic rings. The number of hydrogen-bond donors (Lipinski definition) is 4. The lowest BCUT2D eigenvalue weighted by atomic mass is 10.0. The highest BCUT2D eigenvalue weighted by Crippen LogP contribution is 2.19. The Morgan fingerprint density at radius 3 is 2.11 bits per heavy atom. The molecule has 0 aliphatic carbocycles. The van der Waals surface area contributed by atoms with Crippen LogP contribution in [0.4, 0.5) is 16.2 Å². The van der Waals surface area contributed by atoms with Crippen LogP contribution >= 0.6 is 0 Å². The van der Waals surface area contributed by atoms with Crippen molar-refractivity contribution in [1.29, 1.82) is 0 Å². The molecule has 9 heteroatoms. The van der Waals surface area contributed by atoms with E-state index in [0.29, 0.717) is 24.3 Å². The maximum absolute atomic E-state index is 12.6. The van der Waals surface area contributed by atoms with Crippen LogP contribution in [0.15, 0.2) is 53.4 Å². The summed E-state index contributed by atoms with van der Waals surface area (Å²) in [6, 6.07) is 11.8. The number of urea groups is 1. The van der Waals surface area contributed by atoms with Crippen molar-refractivity contribution in [2.75, 3.05) is 16.6 Å². The molecular weight excluding hydrogens is 464 g/mol. The summed E-state index contributed by atoms with van der Waals surface area (Å²) in [4.78, 5) is 25.3. The van der Waals surface area contributed by atoms with Crippen LogP contribution in [0.1, 0.15) is 58.4 Å². The maximum atomic E-state index is 12.6. The first kappa shape index (κ1) is 28.2. The number of anilines is 2. The van der Waals surface area contributed by atoms with Gasteiger partial charge in [0.1, 0.15) is 6.04 Å². The molecule has 0 fully saturated rings. The van der Waals surface area contributed by atoms with Gasteiger partial charge < -0.3 is 16.0 Å². The first-order chi connectivity index (χ1) is 16.6. The van der Waals surface area contributed by atoms with Gasteiger partial charge in [-0.2, -0.15) is 0 Å². The average Bonchev–Trinajstić information content (AvgIpc) is 2.79. The zero-order valence-electron chi connectivity index (χ0n) is 21.1. The number of aryl methyl sites for hydroxylation is 1. The number of unbranched alkanes of at least 4 members (excludes halogenated alkanes) is 3. The zero-order chi connectivity index (χ0) is 25.8. The van der Waals surface area contributed by atoms with Gasteiger partial charge in [-0.05, 0) is 62.1 Å². The first-order valence-electron chi connectivity index (χ1n) is 12.2. The molecule has 3 amide bonds. The zero-order valence-corrected chi connectivity index (χ0v) is 21.9. The van der Waals surface area contributed by atoms with Crippen molar-refractivity contribution in [3.63, 3.8) is 0 Å². The van der Waals surface area contributed by atoms with E-state index in [1.807, 2.05) is 20.8 Å². The molecule has 0 unspecified atom stereocenters. The summed E-state index contributed by atoms with van der Waals surface area (Å²) in [6.07, 6.45) is 4.77. The third-order valence-electron chi connectivity index (χ3n) is 5.38. The van der Waals surface area contributed by atoms with E-state index >= 15 is 0 Å². The topological polar surface area (TPSA) is 116 Å². The Morgan fingerprint density at radius 1 is 0.886 bits per heavy atom. The number of nitrogens with one attached hydrogen (secondary N) is 4. The fourth-order valence-corrected chi connectivity index (χ4v) is 4.53. The van der Waals surface area contributed by atoms with Crippen LogP contribution in [0.25, 0.3) is 0 Å². The lowest BCUT2D eigenvalue weighted by Crippen LogP contribution is -2.48. The van der Waals surface area contributed by atoms with Gasteiger partial charge in [0.05, 0.1) is 4.90 Å². The highest BCUT2D eigenvalue weighted by Gasteiger charge is 2.22. The molecule has 0 saturated heterocycles. The Hall–Kier alpha value is -3.07. The molecule has 0 aromatic heterocycles. The smallest absolute Gasteiger partial charge is 0.319 e. The molecule has 192 valence electrons. The Labute approximate surface area is 209 Å². The van der Waals surface area contributed by atoms with Gasteiger partial charge in [-0.3, -0.25) is 9.52 Å². The predicted octanol–water partition coefficient (Wildman–Crippen LogP) is 5.03. The summed E-state index contributed by atoms with van der Waals surface area (Å²) < 4.78 is 27.6. The number of rotatable bonds is 13. The van der Waals surface area contributed by atoms with E-state index in [1.165, 1.54) is 0 Å². The normalized spacial score (nSPS) is 12.1. The van der Waals surface area contributed by atoms with Gasteiger partial charge in [0.2, 0.25) is 5.91 Å². The molecule has 2 aromatic carbocycles. The fourth-order valence-electron chi connectivity index (χ4n) is 3.47. The fraction of sp³-hybridized carbons (Fsp3) is 0.462. The number of benzene rings is 2. The van der Waals surface area contributed by atoms with Gasteiger partial charge in [-0.15, -0.1) is 0 Å². The van der Waals surface area contributed by atoms with Crippen molar-refractivity contribution in [2.24, 2.45) is 5.92 Å². The van der Waals surface area contributed by atoms with Crippen LogP contribution in [-0.2, 0) is 14.8 Å². The van der Waals surface area contributed by atoms with E-state index in [0.717, 1.165) is 31.2 Å². The van der Waals surface area contributed by atoms with Crippen molar-refractivity contribution < 1.29 is 18.0 Å². The Kier molecular flexibility index (Phi) is 11.0. The first-order valence-corrected chi connectivity index (χ1v) is 13.6. The minimum Gasteiger partial charge on any atom is -0.354 e. The molecule has 0 spiro atoms. The predicted molar refractivity (Wildman–Crippen MR) is 141 cm³/mol. The van der Waals surface area contributed by atoms with Gasteiger partial charge in [0.25, 0.3) is 10.0 Å². The minimum atomic E-state index is -3.71. The molecule has 8 nitrogen and oxygen atoms in total. The second-order valence-corrected chi connectivity index (χ2v) is 10.8. The molecule has 0 aliphatic heterocycles. The van der Waals surface area contributed by atoms with E-state index in [1.54, 1.807) is 48.5 Å². The molecular formula is C26H38N4O4S. The number of carbonyl (C=O) groups excluding carboxylic acids is 2. The number of hydrogen-bond acceptors (Lipinski definition) is 4. The summed E-state index contributed by atoms with van der Waals surface area (Å²) in [5, 5.41) is 8.37. The van der Waals surface area contributed by atoms with Crippen molar-refractivity contribution >= 4 is 33.3 Å². The summed E-state index contributed by atoms with van der Waals surface area (Å²) in [6.45, 7) is 8.61. The molecule has 0 saturated carbocycles. The van der Waals surface area contributed by atoms with Crippen molar-refractivity contribution in [1.82, 2.24) is 10.6 Å². The highest BCUT2D eigenvalue weighted by molar-refractivity contribution is 7.92. The van der Waals surface area contributed by atoms with Crippen LogP contribution in [0.5, 0.6) is 0 Å². The van der Waals surface area contributed by atoms with Gasteiger partial charge >= 0.3 is 6.03 Å². The molecule has 35 heavy (non-hydrogen) atoms. The number of carbonyl (C=O) groups is 2. The minimum absolute atomic E-state index is 0.171. The lowest BCUT2D eigenvalue weighted by Gasteiger charge is -2.20. The quantitative estimate of drug-likeness (QED) is 0.288. The SMILES string of the molecule is CCCCCCNC(=O)[C@@H](CC(C)C)NC(=O)Nc1ccc(NS(=O)(=O)c2ccc(C)cc2)cc1. The van der Waals surface area contributed by atoms with Crippen molar-refractivity contribution in [3.8, 4) is 0 Å². The third kappa shape index (κ3) is 9.98. The molecule has 1 atom stereocenters. The number of amides is 3. The van der Waals surface area contributed by atoms with E-state index in [-0.39, 0.29) is 16.7 Å². The highest BCUT2D eigenvalue weighted by atomic mass is 32.2. The summed E-state index contributed by atoms with van der Waals surface area (Å²) >= 11 is 0. The molecule has 0 heterocycles.